The molecule has 3 rings (SSSR count). The SMILES string of the molecule is Cc1cccc(Nc2ncnc(Nc3ccc(C(C)C)cc3)c2N)c1C. The van der Waals surface area contributed by atoms with Gasteiger partial charge in [0, 0.05) is 11.4 Å². The number of anilines is 5. The highest BCUT2D eigenvalue weighted by molar-refractivity contribution is 5.80. The highest BCUT2D eigenvalue weighted by Crippen LogP contribution is 2.30. The number of nitrogen functional groups attached to an aromatic ring is 1. The van der Waals surface area contributed by atoms with Gasteiger partial charge in [-0.15, -0.1) is 0 Å². The van der Waals surface area contributed by atoms with Gasteiger partial charge in [0.1, 0.15) is 12.0 Å². The molecule has 0 saturated carbocycles. The van der Waals surface area contributed by atoms with Crippen molar-refractivity contribution >= 4 is 28.7 Å². The molecule has 0 atom stereocenters. The molecule has 0 aliphatic rings. The molecule has 2 aromatic carbocycles. The molecule has 26 heavy (non-hydrogen) atoms. The van der Waals surface area contributed by atoms with Crippen LogP contribution >= 0.6 is 0 Å². The molecular weight excluding hydrogens is 322 g/mol. The van der Waals surface area contributed by atoms with E-state index in [1.807, 2.05) is 24.3 Å². The first-order chi connectivity index (χ1) is 12.5. The van der Waals surface area contributed by atoms with E-state index >= 15 is 0 Å². The molecule has 5 nitrogen and oxygen atoms in total. The first-order valence-electron chi connectivity index (χ1n) is 8.76. The number of hydrogen-bond acceptors (Lipinski definition) is 5. The van der Waals surface area contributed by atoms with Crippen LogP contribution in [0.2, 0.25) is 0 Å². The molecule has 0 amide bonds. The molecule has 1 heterocycles. The molecule has 4 N–H and O–H groups in total. The summed E-state index contributed by atoms with van der Waals surface area (Å²) >= 11 is 0. The quantitative estimate of drug-likeness (QED) is 0.585. The van der Waals surface area contributed by atoms with Crippen LogP contribution in [-0.4, -0.2) is 9.97 Å². The summed E-state index contributed by atoms with van der Waals surface area (Å²) in [5.41, 5.74) is 12.4. The Hall–Kier alpha value is -3.08. The lowest BCUT2D eigenvalue weighted by Gasteiger charge is -2.15. The monoisotopic (exact) mass is 347 g/mol. The first-order valence-corrected chi connectivity index (χ1v) is 8.76. The van der Waals surface area contributed by atoms with Crippen molar-refractivity contribution in [3.8, 4) is 0 Å². The topological polar surface area (TPSA) is 75.9 Å². The molecule has 0 spiro atoms. The highest BCUT2D eigenvalue weighted by atomic mass is 15.1. The van der Waals surface area contributed by atoms with Crippen molar-refractivity contribution in [3.05, 3.63) is 65.5 Å². The number of nitrogens with zero attached hydrogens (tertiary/aromatic N) is 2. The summed E-state index contributed by atoms with van der Waals surface area (Å²) in [5, 5.41) is 6.59. The lowest BCUT2D eigenvalue weighted by atomic mass is 10.0. The van der Waals surface area contributed by atoms with E-state index < -0.39 is 0 Å². The van der Waals surface area contributed by atoms with E-state index in [1.165, 1.54) is 23.0 Å². The maximum absolute atomic E-state index is 6.30. The van der Waals surface area contributed by atoms with Gasteiger partial charge in [0.05, 0.1) is 0 Å². The summed E-state index contributed by atoms with van der Waals surface area (Å²) in [6.45, 7) is 8.51. The van der Waals surface area contributed by atoms with Crippen LogP contribution in [0.4, 0.5) is 28.7 Å². The first kappa shape index (κ1) is 17.7. The molecule has 0 unspecified atom stereocenters. The van der Waals surface area contributed by atoms with Crippen molar-refractivity contribution in [2.24, 2.45) is 0 Å². The summed E-state index contributed by atoms with van der Waals surface area (Å²) in [6, 6.07) is 14.4. The summed E-state index contributed by atoms with van der Waals surface area (Å²) in [5.74, 6) is 1.68. The zero-order valence-corrected chi connectivity index (χ0v) is 15.7. The third-order valence-electron chi connectivity index (χ3n) is 4.58. The van der Waals surface area contributed by atoms with Gasteiger partial charge in [0.2, 0.25) is 0 Å². The molecule has 3 aromatic rings. The Labute approximate surface area is 154 Å². The van der Waals surface area contributed by atoms with Gasteiger partial charge in [-0.05, 0) is 54.7 Å². The third kappa shape index (κ3) is 3.77. The third-order valence-corrected chi connectivity index (χ3v) is 4.58. The second kappa shape index (κ2) is 7.44. The predicted octanol–water partition coefficient (Wildman–Crippen LogP) is 5.29. The smallest absolute Gasteiger partial charge is 0.159 e. The number of nitrogens with two attached hydrogens (primary N) is 1. The molecule has 1 aromatic heterocycles. The van der Waals surface area contributed by atoms with Crippen LogP contribution < -0.4 is 16.4 Å². The van der Waals surface area contributed by atoms with E-state index in [-0.39, 0.29) is 0 Å². The van der Waals surface area contributed by atoms with E-state index in [4.69, 9.17) is 5.73 Å². The maximum atomic E-state index is 6.30. The van der Waals surface area contributed by atoms with E-state index in [9.17, 15) is 0 Å². The minimum absolute atomic E-state index is 0.487. The van der Waals surface area contributed by atoms with Gasteiger partial charge in [-0.3, -0.25) is 0 Å². The minimum atomic E-state index is 0.487. The Morgan fingerprint density at radius 3 is 2.19 bits per heavy atom. The van der Waals surface area contributed by atoms with Gasteiger partial charge < -0.3 is 16.4 Å². The van der Waals surface area contributed by atoms with Crippen LogP contribution in [0.3, 0.4) is 0 Å². The van der Waals surface area contributed by atoms with Crippen LogP contribution in [0.1, 0.15) is 36.5 Å². The van der Waals surface area contributed by atoms with E-state index in [0.717, 1.165) is 11.4 Å². The molecule has 0 fully saturated rings. The van der Waals surface area contributed by atoms with Crippen LogP contribution in [0.15, 0.2) is 48.8 Å². The maximum Gasteiger partial charge on any atom is 0.159 e. The standard InChI is InChI=1S/C21H25N5/c1-13(2)16-8-10-17(11-9-16)25-20-19(22)21(24-12-23-20)26-18-7-5-6-14(3)15(18)4/h5-13H,22H2,1-4H3,(H2,23,24,25,26). The number of rotatable bonds is 5. The second-order valence-electron chi connectivity index (χ2n) is 6.76. The number of nitrogens with one attached hydrogen (secondary N) is 2. The summed E-state index contributed by atoms with van der Waals surface area (Å²) in [7, 11) is 0. The van der Waals surface area contributed by atoms with E-state index in [0.29, 0.717) is 23.2 Å². The Morgan fingerprint density at radius 2 is 1.54 bits per heavy atom. The van der Waals surface area contributed by atoms with Crippen LogP contribution in [0.25, 0.3) is 0 Å². The van der Waals surface area contributed by atoms with Gasteiger partial charge in [0.25, 0.3) is 0 Å². The summed E-state index contributed by atoms with van der Waals surface area (Å²) < 4.78 is 0. The van der Waals surface area contributed by atoms with Gasteiger partial charge >= 0.3 is 0 Å². The largest absolute Gasteiger partial charge is 0.393 e. The zero-order valence-electron chi connectivity index (χ0n) is 15.7. The molecule has 0 bridgehead atoms. The van der Waals surface area contributed by atoms with Crippen molar-refractivity contribution in [1.29, 1.82) is 0 Å². The lowest BCUT2D eigenvalue weighted by Crippen LogP contribution is -2.06. The Kier molecular flexibility index (Phi) is 5.07. The van der Waals surface area contributed by atoms with Crippen LogP contribution in [0.5, 0.6) is 0 Å². The molecule has 0 aliphatic heterocycles. The fourth-order valence-corrected chi connectivity index (χ4v) is 2.70. The molecule has 134 valence electrons. The van der Waals surface area contributed by atoms with Crippen molar-refractivity contribution in [2.45, 2.75) is 33.6 Å². The minimum Gasteiger partial charge on any atom is -0.393 e. The van der Waals surface area contributed by atoms with Crippen molar-refractivity contribution in [2.75, 3.05) is 16.4 Å². The van der Waals surface area contributed by atoms with E-state index in [1.54, 1.807) is 0 Å². The van der Waals surface area contributed by atoms with Gasteiger partial charge in [0.15, 0.2) is 11.6 Å². The number of hydrogen-bond donors (Lipinski definition) is 3. The Balaban J connectivity index is 1.84. The molecule has 0 aliphatic carbocycles. The van der Waals surface area contributed by atoms with Gasteiger partial charge in [-0.2, -0.15) is 0 Å². The molecule has 0 saturated heterocycles. The zero-order chi connectivity index (χ0) is 18.7. The molecular formula is C21H25N5. The average Bonchev–Trinajstić information content (AvgIpc) is 2.62. The number of aryl methyl sites for hydroxylation is 1. The van der Waals surface area contributed by atoms with Crippen molar-refractivity contribution in [3.63, 3.8) is 0 Å². The molecule has 0 radical (unpaired) electrons. The Bertz CT molecular complexity index is 901. The fraction of sp³-hybridized carbons (Fsp3) is 0.238. The lowest BCUT2D eigenvalue weighted by molar-refractivity contribution is 0.867. The van der Waals surface area contributed by atoms with Gasteiger partial charge in [-0.1, -0.05) is 38.1 Å². The highest BCUT2D eigenvalue weighted by Gasteiger charge is 2.10. The fourth-order valence-electron chi connectivity index (χ4n) is 2.70. The van der Waals surface area contributed by atoms with Crippen LogP contribution in [0, 0.1) is 13.8 Å². The summed E-state index contributed by atoms with van der Waals surface area (Å²) in [4.78, 5) is 8.58. The second-order valence-corrected chi connectivity index (χ2v) is 6.76. The van der Waals surface area contributed by atoms with Gasteiger partial charge in [-0.25, -0.2) is 9.97 Å². The average molecular weight is 347 g/mol. The van der Waals surface area contributed by atoms with Crippen LogP contribution in [-0.2, 0) is 0 Å². The normalized spacial score (nSPS) is 10.8. The predicted molar refractivity (Wildman–Crippen MR) is 109 cm³/mol. The summed E-state index contributed by atoms with van der Waals surface area (Å²) in [6.07, 6.45) is 1.51. The number of aromatic nitrogens is 2. The van der Waals surface area contributed by atoms with E-state index in [2.05, 4.69) is 66.5 Å². The Morgan fingerprint density at radius 1 is 0.885 bits per heavy atom. The number of benzene rings is 2. The van der Waals surface area contributed by atoms with Crippen molar-refractivity contribution in [1.82, 2.24) is 9.97 Å². The molecule has 5 heteroatoms. The van der Waals surface area contributed by atoms with Crippen molar-refractivity contribution < 1.29 is 0 Å².